The van der Waals surface area contributed by atoms with Gasteiger partial charge in [-0.1, -0.05) is 11.8 Å². The highest BCUT2D eigenvalue weighted by atomic mass is 32.2. The molecule has 2 aromatic heterocycles. The van der Waals surface area contributed by atoms with Gasteiger partial charge in [0.2, 0.25) is 11.1 Å². The monoisotopic (exact) mass is 345 g/mol. The third-order valence-electron chi connectivity index (χ3n) is 3.68. The number of carbonyl (C=O) groups is 1. The molecule has 1 aromatic carbocycles. The van der Waals surface area contributed by atoms with Gasteiger partial charge in [-0.25, -0.2) is 13.9 Å². The molecule has 0 aliphatic heterocycles. The van der Waals surface area contributed by atoms with E-state index in [-0.39, 0.29) is 18.1 Å². The molecule has 1 N–H and O–H groups in total. The molecule has 0 spiro atoms. The Balaban J connectivity index is 1.86. The van der Waals surface area contributed by atoms with Crippen LogP contribution in [-0.2, 0) is 11.2 Å². The lowest BCUT2D eigenvalue weighted by Gasteiger charge is -2.10. The van der Waals surface area contributed by atoms with Gasteiger partial charge in [-0.15, -0.1) is 5.10 Å². The quantitative estimate of drug-likeness (QED) is 0.736. The van der Waals surface area contributed by atoms with Crippen LogP contribution in [0.1, 0.15) is 17.0 Å². The lowest BCUT2D eigenvalue weighted by molar-refractivity contribution is -0.115. The molecule has 0 saturated heterocycles. The Morgan fingerprint density at radius 2 is 1.96 bits per heavy atom. The smallest absolute Gasteiger partial charge is 0.253 e. The van der Waals surface area contributed by atoms with E-state index in [9.17, 15) is 9.18 Å². The van der Waals surface area contributed by atoms with Crippen molar-refractivity contribution in [2.75, 3.05) is 11.6 Å². The fourth-order valence-electron chi connectivity index (χ4n) is 2.43. The summed E-state index contributed by atoms with van der Waals surface area (Å²) in [6, 6.07) is 5.66. The molecule has 0 radical (unpaired) electrons. The number of hydrogen-bond acceptors (Lipinski definition) is 5. The Hall–Kier alpha value is -2.48. The SMILES string of the molecule is CSc1nc2nc(C)c(CC(=O)Nc3ccc(F)cc3)c(C)n2n1. The van der Waals surface area contributed by atoms with Crippen LogP contribution >= 0.6 is 11.8 Å². The highest BCUT2D eigenvalue weighted by molar-refractivity contribution is 7.98. The van der Waals surface area contributed by atoms with Gasteiger partial charge < -0.3 is 5.32 Å². The van der Waals surface area contributed by atoms with Crippen molar-refractivity contribution in [1.82, 2.24) is 19.6 Å². The molecule has 0 saturated carbocycles. The summed E-state index contributed by atoms with van der Waals surface area (Å²) in [5, 5.41) is 7.76. The first-order valence-electron chi connectivity index (χ1n) is 7.30. The molecule has 0 aliphatic carbocycles. The largest absolute Gasteiger partial charge is 0.326 e. The predicted molar refractivity (Wildman–Crippen MR) is 90.8 cm³/mol. The van der Waals surface area contributed by atoms with Gasteiger partial charge >= 0.3 is 0 Å². The molecule has 124 valence electrons. The summed E-state index contributed by atoms with van der Waals surface area (Å²) in [4.78, 5) is 21.0. The van der Waals surface area contributed by atoms with Gasteiger partial charge in [0, 0.05) is 22.6 Å². The third kappa shape index (κ3) is 3.23. The van der Waals surface area contributed by atoms with E-state index in [1.807, 2.05) is 20.1 Å². The molecular weight excluding hydrogens is 329 g/mol. The van der Waals surface area contributed by atoms with Crippen molar-refractivity contribution in [3.63, 3.8) is 0 Å². The average molecular weight is 345 g/mol. The summed E-state index contributed by atoms with van der Waals surface area (Å²) in [5.74, 6) is -0.0127. The van der Waals surface area contributed by atoms with Crippen LogP contribution in [0.3, 0.4) is 0 Å². The van der Waals surface area contributed by atoms with Crippen molar-refractivity contribution >= 4 is 29.1 Å². The zero-order valence-corrected chi connectivity index (χ0v) is 14.3. The number of halogens is 1. The zero-order valence-electron chi connectivity index (χ0n) is 13.5. The Morgan fingerprint density at radius 1 is 1.25 bits per heavy atom. The predicted octanol–water partition coefficient (Wildman–Crippen LogP) is 2.78. The molecule has 24 heavy (non-hydrogen) atoms. The highest BCUT2D eigenvalue weighted by Gasteiger charge is 2.16. The van der Waals surface area contributed by atoms with E-state index >= 15 is 0 Å². The van der Waals surface area contributed by atoms with E-state index < -0.39 is 0 Å². The maximum Gasteiger partial charge on any atom is 0.253 e. The Labute approximate surface area is 142 Å². The number of aryl methyl sites for hydroxylation is 2. The fraction of sp³-hybridized carbons (Fsp3) is 0.250. The van der Waals surface area contributed by atoms with Crippen LogP contribution in [0, 0.1) is 19.7 Å². The number of anilines is 1. The maximum absolute atomic E-state index is 12.9. The topological polar surface area (TPSA) is 72.2 Å². The standard InChI is InChI=1S/C16H16FN5OS/c1-9-13(8-14(23)19-12-6-4-11(17)5-7-12)10(2)22-15(18-9)20-16(21-22)24-3/h4-7H,8H2,1-3H3,(H,19,23). The molecule has 0 fully saturated rings. The third-order valence-corrected chi connectivity index (χ3v) is 4.22. The number of nitrogens with one attached hydrogen (secondary N) is 1. The summed E-state index contributed by atoms with van der Waals surface area (Å²) in [5.41, 5.74) is 2.93. The van der Waals surface area contributed by atoms with Gasteiger partial charge in [0.25, 0.3) is 5.78 Å². The second-order valence-electron chi connectivity index (χ2n) is 5.30. The molecule has 8 heteroatoms. The van der Waals surface area contributed by atoms with E-state index in [0.717, 1.165) is 17.0 Å². The van der Waals surface area contributed by atoms with Crippen molar-refractivity contribution in [2.24, 2.45) is 0 Å². The molecule has 0 bridgehead atoms. The molecule has 3 aromatic rings. The number of thioether (sulfide) groups is 1. The van der Waals surface area contributed by atoms with Crippen LogP contribution in [0.4, 0.5) is 10.1 Å². The Kier molecular flexibility index (Phi) is 4.48. The number of benzene rings is 1. The van der Waals surface area contributed by atoms with E-state index in [4.69, 9.17) is 0 Å². The molecule has 0 aliphatic rings. The van der Waals surface area contributed by atoms with Crippen molar-refractivity contribution in [3.8, 4) is 0 Å². The van der Waals surface area contributed by atoms with E-state index in [0.29, 0.717) is 16.6 Å². The van der Waals surface area contributed by atoms with Gasteiger partial charge in [0.1, 0.15) is 5.82 Å². The minimum Gasteiger partial charge on any atom is -0.326 e. The maximum atomic E-state index is 12.9. The second kappa shape index (κ2) is 6.56. The first kappa shape index (κ1) is 16.4. The van der Waals surface area contributed by atoms with Crippen molar-refractivity contribution in [3.05, 3.63) is 47.0 Å². The summed E-state index contributed by atoms with van der Waals surface area (Å²) >= 11 is 1.44. The van der Waals surface area contributed by atoms with Crippen molar-refractivity contribution < 1.29 is 9.18 Å². The lowest BCUT2D eigenvalue weighted by Crippen LogP contribution is -2.17. The number of amides is 1. The summed E-state index contributed by atoms with van der Waals surface area (Å²) in [7, 11) is 0. The van der Waals surface area contributed by atoms with Gasteiger partial charge in [0.05, 0.1) is 6.42 Å². The molecule has 6 nitrogen and oxygen atoms in total. The number of hydrogen-bond donors (Lipinski definition) is 1. The molecule has 1 amide bonds. The highest BCUT2D eigenvalue weighted by Crippen LogP contribution is 2.18. The molecule has 2 heterocycles. The van der Waals surface area contributed by atoms with Crippen LogP contribution < -0.4 is 5.32 Å². The summed E-state index contributed by atoms with van der Waals surface area (Å²) in [6.45, 7) is 3.74. The zero-order chi connectivity index (χ0) is 17.3. The number of nitrogens with zero attached hydrogens (tertiary/aromatic N) is 4. The summed E-state index contributed by atoms with van der Waals surface area (Å²) < 4.78 is 14.6. The minimum absolute atomic E-state index is 0.159. The van der Waals surface area contributed by atoms with Gasteiger partial charge in [-0.05, 0) is 44.4 Å². The first-order valence-corrected chi connectivity index (χ1v) is 8.52. The van der Waals surface area contributed by atoms with Gasteiger partial charge in [0.15, 0.2) is 0 Å². The van der Waals surface area contributed by atoms with E-state index in [2.05, 4.69) is 20.4 Å². The molecule has 3 rings (SSSR count). The number of fused-ring (bicyclic) bond motifs is 1. The average Bonchev–Trinajstić information content (AvgIpc) is 2.97. The van der Waals surface area contributed by atoms with E-state index in [1.54, 1.807) is 4.52 Å². The Morgan fingerprint density at radius 3 is 2.62 bits per heavy atom. The van der Waals surface area contributed by atoms with Gasteiger partial charge in [-0.2, -0.15) is 4.98 Å². The van der Waals surface area contributed by atoms with Crippen LogP contribution in [0.5, 0.6) is 0 Å². The van der Waals surface area contributed by atoms with Crippen molar-refractivity contribution in [2.45, 2.75) is 25.4 Å². The van der Waals surface area contributed by atoms with Crippen LogP contribution in [-0.4, -0.2) is 31.7 Å². The van der Waals surface area contributed by atoms with Gasteiger partial charge in [-0.3, -0.25) is 4.79 Å². The fourth-order valence-corrected chi connectivity index (χ4v) is 2.77. The lowest BCUT2D eigenvalue weighted by atomic mass is 10.1. The number of carbonyl (C=O) groups excluding carboxylic acids is 1. The second-order valence-corrected chi connectivity index (χ2v) is 6.08. The van der Waals surface area contributed by atoms with Crippen LogP contribution in [0.15, 0.2) is 29.4 Å². The van der Waals surface area contributed by atoms with Crippen LogP contribution in [0.2, 0.25) is 0 Å². The molecule has 0 atom stereocenters. The Bertz CT molecular complexity index is 907. The van der Waals surface area contributed by atoms with E-state index in [1.165, 1.54) is 36.0 Å². The van der Waals surface area contributed by atoms with Crippen molar-refractivity contribution in [1.29, 1.82) is 0 Å². The number of rotatable bonds is 4. The molecular formula is C16H16FN5OS. The normalized spacial score (nSPS) is 11.0. The molecule has 0 unspecified atom stereocenters. The summed E-state index contributed by atoms with van der Waals surface area (Å²) in [6.07, 6.45) is 2.06. The minimum atomic E-state index is -0.342. The first-order chi connectivity index (χ1) is 11.5. The number of aromatic nitrogens is 4. The van der Waals surface area contributed by atoms with Crippen LogP contribution in [0.25, 0.3) is 5.78 Å².